The zero-order valence-electron chi connectivity index (χ0n) is 10.3. The van der Waals surface area contributed by atoms with Crippen LogP contribution in [0.15, 0.2) is 18.2 Å². The number of nitrogens with one attached hydrogen (secondary N) is 1. The highest BCUT2D eigenvalue weighted by Crippen LogP contribution is 2.31. The zero-order valence-corrected chi connectivity index (χ0v) is 10.3. The van der Waals surface area contributed by atoms with E-state index in [0.717, 1.165) is 17.1 Å². The molecule has 0 aromatic heterocycles. The molecule has 0 radical (unpaired) electrons. The summed E-state index contributed by atoms with van der Waals surface area (Å²) in [7, 11) is 1.66. The Balaban J connectivity index is 1.99. The number of likely N-dealkylation sites (N-methyl/N-ethyl adjacent to an activating group) is 1. The molecule has 1 heterocycles. The molecule has 0 aliphatic carbocycles. The number of carbonyl (C=O) groups is 1. The molecule has 1 aromatic rings. The van der Waals surface area contributed by atoms with Gasteiger partial charge in [-0.25, -0.2) is 0 Å². The van der Waals surface area contributed by atoms with Gasteiger partial charge in [-0.05, 0) is 37.6 Å². The summed E-state index contributed by atoms with van der Waals surface area (Å²) < 4.78 is 10.9. The number of rotatable bonds is 5. The first kappa shape index (κ1) is 12.7. The fourth-order valence-corrected chi connectivity index (χ4v) is 1.95. The molecule has 0 saturated carbocycles. The molecule has 0 bridgehead atoms. The third kappa shape index (κ3) is 2.92. The van der Waals surface area contributed by atoms with Gasteiger partial charge in [0.1, 0.15) is 19.3 Å². The Morgan fingerprint density at radius 1 is 1.39 bits per heavy atom. The molecule has 0 spiro atoms. The molecule has 0 saturated heterocycles. The molecule has 98 valence electrons. The lowest BCUT2D eigenvalue weighted by Crippen LogP contribution is -2.34. The van der Waals surface area contributed by atoms with E-state index in [-0.39, 0.29) is 0 Å². The number of fused-ring (bicyclic) bond motifs is 1. The molecule has 1 aliphatic rings. The molecule has 2 N–H and O–H groups in total. The van der Waals surface area contributed by atoms with Crippen molar-refractivity contribution in [1.29, 1.82) is 0 Å². The van der Waals surface area contributed by atoms with Crippen LogP contribution >= 0.6 is 0 Å². The van der Waals surface area contributed by atoms with Crippen LogP contribution in [0.5, 0.6) is 11.5 Å². The van der Waals surface area contributed by atoms with E-state index >= 15 is 0 Å². The third-order valence-corrected chi connectivity index (χ3v) is 2.97. The largest absolute Gasteiger partial charge is 0.486 e. The van der Waals surface area contributed by atoms with Crippen molar-refractivity contribution in [2.75, 3.05) is 20.3 Å². The summed E-state index contributed by atoms with van der Waals surface area (Å²) in [4.78, 5) is 10.9. The van der Waals surface area contributed by atoms with Gasteiger partial charge in [-0.2, -0.15) is 0 Å². The normalized spacial score (nSPS) is 15.2. The predicted molar refractivity (Wildman–Crippen MR) is 66.2 cm³/mol. The van der Waals surface area contributed by atoms with Crippen molar-refractivity contribution in [2.45, 2.75) is 18.9 Å². The highest BCUT2D eigenvalue weighted by atomic mass is 16.6. The molecule has 0 amide bonds. The maximum atomic E-state index is 10.9. The van der Waals surface area contributed by atoms with Gasteiger partial charge in [-0.3, -0.25) is 4.79 Å². The van der Waals surface area contributed by atoms with E-state index in [0.29, 0.717) is 26.1 Å². The first-order valence-corrected chi connectivity index (χ1v) is 5.99. The molecule has 18 heavy (non-hydrogen) atoms. The monoisotopic (exact) mass is 251 g/mol. The van der Waals surface area contributed by atoms with Gasteiger partial charge in [0.25, 0.3) is 0 Å². The SMILES string of the molecule is CNC(CCc1ccc2c(c1)OCCO2)C(=O)O. The van der Waals surface area contributed by atoms with Gasteiger partial charge in [0.15, 0.2) is 11.5 Å². The average molecular weight is 251 g/mol. The van der Waals surface area contributed by atoms with Crippen molar-refractivity contribution in [3.63, 3.8) is 0 Å². The van der Waals surface area contributed by atoms with E-state index in [2.05, 4.69) is 5.32 Å². The number of aryl methyl sites for hydroxylation is 1. The summed E-state index contributed by atoms with van der Waals surface area (Å²) in [5, 5.41) is 11.7. The predicted octanol–water partition coefficient (Wildman–Crippen LogP) is 1.06. The second-order valence-corrected chi connectivity index (χ2v) is 4.20. The molecule has 1 aromatic carbocycles. The summed E-state index contributed by atoms with van der Waals surface area (Å²) in [6.45, 7) is 1.14. The Hall–Kier alpha value is -1.75. The van der Waals surface area contributed by atoms with Gasteiger partial charge in [0.05, 0.1) is 0 Å². The summed E-state index contributed by atoms with van der Waals surface area (Å²) in [6, 6.07) is 5.22. The van der Waals surface area contributed by atoms with Crippen LogP contribution in [-0.4, -0.2) is 37.4 Å². The minimum Gasteiger partial charge on any atom is -0.486 e. The van der Waals surface area contributed by atoms with E-state index in [1.54, 1.807) is 7.05 Å². The van der Waals surface area contributed by atoms with Crippen LogP contribution in [0, 0.1) is 0 Å². The second-order valence-electron chi connectivity index (χ2n) is 4.20. The molecular weight excluding hydrogens is 234 g/mol. The van der Waals surface area contributed by atoms with E-state index < -0.39 is 12.0 Å². The number of hydrogen-bond donors (Lipinski definition) is 2. The Bertz CT molecular complexity index is 433. The number of carboxylic acids is 1. The van der Waals surface area contributed by atoms with Crippen molar-refractivity contribution < 1.29 is 19.4 Å². The molecule has 5 nitrogen and oxygen atoms in total. The highest BCUT2D eigenvalue weighted by Gasteiger charge is 2.16. The number of benzene rings is 1. The number of carboxylic acid groups (broad SMARTS) is 1. The number of hydrogen-bond acceptors (Lipinski definition) is 4. The molecule has 5 heteroatoms. The molecule has 1 aliphatic heterocycles. The summed E-state index contributed by atoms with van der Waals surface area (Å²) in [5.41, 5.74) is 1.06. The average Bonchev–Trinajstić information content (AvgIpc) is 2.39. The highest BCUT2D eigenvalue weighted by molar-refractivity contribution is 5.73. The van der Waals surface area contributed by atoms with Gasteiger partial charge in [-0.1, -0.05) is 6.07 Å². The van der Waals surface area contributed by atoms with Gasteiger partial charge >= 0.3 is 5.97 Å². The van der Waals surface area contributed by atoms with Crippen molar-refractivity contribution in [3.05, 3.63) is 23.8 Å². The van der Waals surface area contributed by atoms with Crippen LogP contribution in [0.4, 0.5) is 0 Å². The van der Waals surface area contributed by atoms with E-state index in [1.165, 1.54) is 0 Å². The van der Waals surface area contributed by atoms with E-state index in [1.807, 2.05) is 18.2 Å². The summed E-state index contributed by atoms with van der Waals surface area (Å²) >= 11 is 0. The maximum Gasteiger partial charge on any atom is 0.320 e. The van der Waals surface area contributed by atoms with E-state index in [9.17, 15) is 4.79 Å². The molecule has 1 atom stereocenters. The number of ether oxygens (including phenoxy) is 2. The zero-order chi connectivity index (χ0) is 13.0. The molecular formula is C13H17NO4. The minimum absolute atomic E-state index is 0.516. The van der Waals surface area contributed by atoms with Gasteiger partial charge in [-0.15, -0.1) is 0 Å². The van der Waals surface area contributed by atoms with Crippen LogP contribution in [0.25, 0.3) is 0 Å². The fraction of sp³-hybridized carbons (Fsp3) is 0.462. The van der Waals surface area contributed by atoms with Crippen LogP contribution in [0.2, 0.25) is 0 Å². The molecule has 0 fully saturated rings. The van der Waals surface area contributed by atoms with Crippen LogP contribution < -0.4 is 14.8 Å². The minimum atomic E-state index is -0.824. The maximum absolute atomic E-state index is 10.9. The van der Waals surface area contributed by atoms with Crippen molar-refractivity contribution >= 4 is 5.97 Å². The number of aliphatic carboxylic acids is 1. The summed E-state index contributed by atoms with van der Waals surface area (Å²) in [6.07, 6.45) is 1.24. The second kappa shape index (κ2) is 5.73. The van der Waals surface area contributed by atoms with Crippen LogP contribution in [-0.2, 0) is 11.2 Å². The van der Waals surface area contributed by atoms with Gasteiger partial charge in [0, 0.05) is 0 Å². The first-order chi connectivity index (χ1) is 8.70. The molecule has 2 rings (SSSR count). The van der Waals surface area contributed by atoms with Crippen LogP contribution in [0.3, 0.4) is 0 Å². The Morgan fingerprint density at radius 3 is 2.78 bits per heavy atom. The Kier molecular flexibility index (Phi) is 4.04. The van der Waals surface area contributed by atoms with Crippen molar-refractivity contribution in [3.8, 4) is 11.5 Å². The topological polar surface area (TPSA) is 67.8 Å². The van der Waals surface area contributed by atoms with E-state index in [4.69, 9.17) is 14.6 Å². The first-order valence-electron chi connectivity index (χ1n) is 5.99. The smallest absolute Gasteiger partial charge is 0.320 e. The standard InChI is InChI=1S/C13H17NO4/c1-14-10(13(15)16)4-2-9-3-5-11-12(8-9)18-7-6-17-11/h3,5,8,10,14H,2,4,6-7H2,1H3,(H,15,16). The lowest BCUT2D eigenvalue weighted by atomic mass is 10.0. The third-order valence-electron chi connectivity index (χ3n) is 2.97. The van der Waals surface area contributed by atoms with Crippen molar-refractivity contribution in [1.82, 2.24) is 5.32 Å². The Morgan fingerprint density at radius 2 is 2.11 bits per heavy atom. The fourth-order valence-electron chi connectivity index (χ4n) is 1.95. The quantitative estimate of drug-likeness (QED) is 0.819. The summed E-state index contributed by atoms with van der Waals surface area (Å²) in [5.74, 6) is 0.679. The lowest BCUT2D eigenvalue weighted by Gasteiger charge is -2.19. The van der Waals surface area contributed by atoms with Crippen LogP contribution in [0.1, 0.15) is 12.0 Å². The van der Waals surface area contributed by atoms with Crippen molar-refractivity contribution in [2.24, 2.45) is 0 Å². The Labute approximate surface area is 106 Å². The molecule has 1 unspecified atom stereocenters. The van der Waals surface area contributed by atoms with Gasteiger partial charge in [0.2, 0.25) is 0 Å². The van der Waals surface area contributed by atoms with Gasteiger partial charge < -0.3 is 19.9 Å². The lowest BCUT2D eigenvalue weighted by molar-refractivity contribution is -0.139.